The highest BCUT2D eigenvalue weighted by Crippen LogP contribution is 2.27. The average molecular weight is 277 g/mol. The van der Waals surface area contributed by atoms with Gasteiger partial charge in [-0.1, -0.05) is 11.6 Å². The fourth-order valence-corrected chi connectivity index (χ4v) is 1.79. The van der Waals surface area contributed by atoms with Gasteiger partial charge in [0.05, 0.1) is 12.2 Å². The number of halogens is 1. The van der Waals surface area contributed by atoms with Crippen LogP contribution in [0.3, 0.4) is 0 Å². The Morgan fingerprint density at radius 1 is 1.37 bits per heavy atom. The molecule has 2 N–H and O–H groups in total. The normalized spacial score (nSPS) is 10.2. The highest BCUT2D eigenvalue weighted by molar-refractivity contribution is 6.29. The molecule has 0 saturated carbocycles. The number of ether oxygens (including phenoxy) is 1. The molecule has 0 aliphatic rings. The van der Waals surface area contributed by atoms with Crippen LogP contribution in [0.1, 0.15) is 17.3 Å². The zero-order chi connectivity index (χ0) is 13.8. The molecule has 0 aliphatic heterocycles. The molecule has 5 heteroatoms. The highest BCUT2D eigenvalue weighted by Gasteiger charge is 2.10. The molecular formula is C14H13ClN2O2. The molecule has 1 aromatic carbocycles. The van der Waals surface area contributed by atoms with E-state index < -0.39 is 0 Å². The molecule has 0 atom stereocenters. The Labute approximate surface area is 116 Å². The summed E-state index contributed by atoms with van der Waals surface area (Å²) in [5.74, 6) is -0.370. The van der Waals surface area contributed by atoms with Crippen molar-refractivity contribution in [2.75, 3.05) is 12.3 Å². The van der Waals surface area contributed by atoms with Crippen LogP contribution in [0.2, 0.25) is 5.15 Å². The van der Waals surface area contributed by atoms with Crippen LogP contribution in [0.5, 0.6) is 0 Å². The number of nitrogen functional groups attached to an aromatic ring is 1. The Kier molecular flexibility index (Phi) is 4.02. The Balaban J connectivity index is 2.42. The second kappa shape index (κ2) is 5.71. The molecular weight excluding hydrogens is 264 g/mol. The van der Waals surface area contributed by atoms with E-state index in [-0.39, 0.29) is 5.97 Å². The monoisotopic (exact) mass is 276 g/mol. The van der Waals surface area contributed by atoms with Crippen LogP contribution in [0.15, 0.2) is 36.5 Å². The van der Waals surface area contributed by atoms with Gasteiger partial charge in [0.1, 0.15) is 5.15 Å². The van der Waals surface area contributed by atoms with Crippen LogP contribution in [-0.4, -0.2) is 17.6 Å². The molecule has 0 radical (unpaired) electrons. The second-order valence-corrected chi connectivity index (χ2v) is 4.28. The zero-order valence-electron chi connectivity index (χ0n) is 10.4. The fraction of sp³-hybridized carbons (Fsp3) is 0.143. The van der Waals surface area contributed by atoms with E-state index in [0.717, 1.165) is 11.1 Å². The van der Waals surface area contributed by atoms with Gasteiger partial charge in [0, 0.05) is 23.0 Å². The standard InChI is InChI=1S/C14H13ClN2O2/c1-2-19-14(18)9-3-5-12(16)11(7-9)10-4-6-13(15)17-8-10/h3-8H,2,16H2,1H3. The van der Waals surface area contributed by atoms with Gasteiger partial charge >= 0.3 is 5.97 Å². The van der Waals surface area contributed by atoms with E-state index in [0.29, 0.717) is 23.0 Å². The number of carbonyl (C=O) groups excluding carboxylic acids is 1. The number of benzene rings is 1. The van der Waals surface area contributed by atoms with E-state index in [9.17, 15) is 4.79 Å². The lowest BCUT2D eigenvalue weighted by Crippen LogP contribution is -2.05. The topological polar surface area (TPSA) is 65.2 Å². The molecule has 0 fully saturated rings. The molecule has 98 valence electrons. The maximum Gasteiger partial charge on any atom is 0.338 e. The van der Waals surface area contributed by atoms with Crippen molar-refractivity contribution in [1.29, 1.82) is 0 Å². The first-order valence-electron chi connectivity index (χ1n) is 5.80. The number of nitrogens with two attached hydrogens (primary N) is 1. The van der Waals surface area contributed by atoms with Gasteiger partial charge in [-0.05, 0) is 37.3 Å². The van der Waals surface area contributed by atoms with Crippen LogP contribution in [0.4, 0.5) is 5.69 Å². The minimum absolute atomic E-state index is 0.334. The molecule has 0 unspecified atom stereocenters. The van der Waals surface area contributed by atoms with E-state index in [1.165, 1.54) is 0 Å². The van der Waals surface area contributed by atoms with Crippen LogP contribution < -0.4 is 5.73 Å². The van der Waals surface area contributed by atoms with E-state index in [1.807, 2.05) is 0 Å². The number of rotatable bonds is 3. The first-order chi connectivity index (χ1) is 9.11. The lowest BCUT2D eigenvalue weighted by Gasteiger charge is -2.08. The SMILES string of the molecule is CCOC(=O)c1ccc(N)c(-c2ccc(Cl)nc2)c1. The largest absolute Gasteiger partial charge is 0.462 e. The molecule has 0 spiro atoms. The quantitative estimate of drug-likeness (QED) is 0.531. The summed E-state index contributed by atoms with van der Waals surface area (Å²) in [6.45, 7) is 2.10. The minimum Gasteiger partial charge on any atom is -0.462 e. The molecule has 0 saturated heterocycles. The molecule has 1 aromatic heterocycles. The predicted octanol–water partition coefficient (Wildman–Crippen LogP) is 3.16. The molecule has 0 amide bonds. The summed E-state index contributed by atoms with van der Waals surface area (Å²) in [5, 5.41) is 0.406. The number of esters is 1. The van der Waals surface area contributed by atoms with Crippen molar-refractivity contribution < 1.29 is 9.53 Å². The molecule has 0 aliphatic carbocycles. The van der Waals surface area contributed by atoms with Gasteiger partial charge in [0.2, 0.25) is 0 Å². The number of hydrogen-bond acceptors (Lipinski definition) is 4. The molecule has 19 heavy (non-hydrogen) atoms. The van der Waals surface area contributed by atoms with Crippen molar-refractivity contribution in [3.05, 3.63) is 47.2 Å². The van der Waals surface area contributed by atoms with Crippen LogP contribution in [0, 0.1) is 0 Å². The fourth-order valence-electron chi connectivity index (χ4n) is 1.68. The Morgan fingerprint density at radius 2 is 2.16 bits per heavy atom. The Bertz CT molecular complexity index is 597. The van der Waals surface area contributed by atoms with Gasteiger partial charge in [0.15, 0.2) is 0 Å². The van der Waals surface area contributed by atoms with Crippen molar-refractivity contribution in [2.45, 2.75) is 6.92 Å². The maximum absolute atomic E-state index is 11.7. The third kappa shape index (κ3) is 3.03. The third-order valence-electron chi connectivity index (χ3n) is 2.60. The predicted molar refractivity (Wildman–Crippen MR) is 75.1 cm³/mol. The number of aromatic nitrogens is 1. The summed E-state index contributed by atoms with van der Waals surface area (Å²) in [5.41, 5.74) is 8.48. The lowest BCUT2D eigenvalue weighted by atomic mass is 10.0. The number of nitrogens with zero attached hydrogens (tertiary/aromatic N) is 1. The Hall–Kier alpha value is -2.07. The summed E-state index contributed by atoms with van der Waals surface area (Å²) in [6, 6.07) is 8.48. The summed E-state index contributed by atoms with van der Waals surface area (Å²) >= 11 is 5.75. The van der Waals surface area contributed by atoms with E-state index in [4.69, 9.17) is 22.1 Å². The summed E-state index contributed by atoms with van der Waals surface area (Å²) in [4.78, 5) is 15.7. The van der Waals surface area contributed by atoms with Gasteiger partial charge in [-0.2, -0.15) is 0 Å². The average Bonchev–Trinajstić information content (AvgIpc) is 2.41. The van der Waals surface area contributed by atoms with Crippen molar-refractivity contribution in [2.24, 2.45) is 0 Å². The number of carbonyl (C=O) groups is 1. The van der Waals surface area contributed by atoms with E-state index in [1.54, 1.807) is 43.5 Å². The van der Waals surface area contributed by atoms with Gasteiger partial charge in [-0.25, -0.2) is 9.78 Å². The van der Waals surface area contributed by atoms with E-state index >= 15 is 0 Å². The maximum atomic E-state index is 11.7. The molecule has 0 bridgehead atoms. The Morgan fingerprint density at radius 3 is 2.79 bits per heavy atom. The lowest BCUT2D eigenvalue weighted by molar-refractivity contribution is 0.0526. The number of anilines is 1. The van der Waals surface area contributed by atoms with Crippen LogP contribution >= 0.6 is 11.6 Å². The van der Waals surface area contributed by atoms with Crippen LogP contribution in [0.25, 0.3) is 11.1 Å². The third-order valence-corrected chi connectivity index (χ3v) is 2.83. The molecule has 2 aromatic rings. The van der Waals surface area contributed by atoms with Crippen molar-refractivity contribution in [3.63, 3.8) is 0 Å². The van der Waals surface area contributed by atoms with Gasteiger partial charge in [-0.15, -0.1) is 0 Å². The van der Waals surface area contributed by atoms with Crippen molar-refractivity contribution in [1.82, 2.24) is 4.98 Å². The summed E-state index contributed by atoms with van der Waals surface area (Å²) < 4.78 is 4.96. The smallest absolute Gasteiger partial charge is 0.338 e. The van der Waals surface area contributed by atoms with Gasteiger partial charge < -0.3 is 10.5 Å². The first-order valence-corrected chi connectivity index (χ1v) is 6.18. The van der Waals surface area contributed by atoms with Crippen molar-refractivity contribution >= 4 is 23.3 Å². The molecule has 2 rings (SSSR count). The highest BCUT2D eigenvalue weighted by atomic mass is 35.5. The zero-order valence-corrected chi connectivity index (χ0v) is 11.1. The van der Waals surface area contributed by atoms with Crippen molar-refractivity contribution in [3.8, 4) is 11.1 Å². The minimum atomic E-state index is -0.370. The molecule has 1 heterocycles. The first kappa shape index (κ1) is 13.4. The number of pyridine rings is 1. The molecule has 4 nitrogen and oxygen atoms in total. The van der Waals surface area contributed by atoms with Crippen LogP contribution in [-0.2, 0) is 4.74 Å². The summed E-state index contributed by atoms with van der Waals surface area (Å²) in [7, 11) is 0. The summed E-state index contributed by atoms with van der Waals surface area (Å²) in [6.07, 6.45) is 1.61. The number of hydrogen-bond donors (Lipinski definition) is 1. The van der Waals surface area contributed by atoms with Gasteiger partial charge in [-0.3, -0.25) is 0 Å². The van der Waals surface area contributed by atoms with E-state index in [2.05, 4.69) is 4.98 Å². The second-order valence-electron chi connectivity index (χ2n) is 3.89. The van der Waals surface area contributed by atoms with Gasteiger partial charge in [0.25, 0.3) is 0 Å².